The molecule has 2 heterocycles. The molecule has 0 bridgehead atoms. The standard InChI is InChI=1S/C19H16N4O2/c1-3-17(24)23-9-14-12(5-6-15(20)18(14)19(23)25)11-4-7-16-13(8-11)10(2)21-22-16/h3-8H,1,9,20H2,2H3,(H,21,22). The van der Waals surface area contributed by atoms with Crippen LogP contribution in [0.1, 0.15) is 21.6 Å². The number of H-pyrrole nitrogens is 1. The first kappa shape index (κ1) is 15.1. The Morgan fingerprint density at radius 1 is 1.36 bits per heavy atom. The van der Waals surface area contributed by atoms with Crippen LogP contribution in [0.3, 0.4) is 0 Å². The molecule has 1 aromatic heterocycles. The molecule has 0 spiro atoms. The number of benzene rings is 2. The molecule has 6 nitrogen and oxygen atoms in total. The number of hydrogen-bond donors (Lipinski definition) is 2. The van der Waals surface area contributed by atoms with Gasteiger partial charge in [-0.25, -0.2) is 0 Å². The van der Waals surface area contributed by atoms with E-state index in [0.29, 0.717) is 11.3 Å². The van der Waals surface area contributed by atoms with Crippen LogP contribution in [0.25, 0.3) is 22.0 Å². The second kappa shape index (κ2) is 5.31. The topological polar surface area (TPSA) is 92.1 Å². The molecule has 0 saturated heterocycles. The largest absolute Gasteiger partial charge is 0.398 e. The molecule has 1 aliphatic rings. The fourth-order valence-corrected chi connectivity index (χ4v) is 3.31. The maximum Gasteiger partial charge on any atom is 0.263 e. The Kier molecular flexibility index (Phi) is 3.21. The summed E-state index contributed by atoms with van der Waals surface area (Å²) >= 11 is 0. The number of aromatic amines is 1. The highest BCUT2D eigenvalue weighted by Gasteiger charge is 2.34. The Hall–Kier alpha value is -3.41. The van der Waals surface area contributed by atoms with Crippen molar-refractivity contribution < 1.29 is 9.59 Å². The normalized spacial score (nSPS) is 13.3. The smallest absolute Gasteiger partial charge is 0.263 e. The predicted molar refractivity (Wildman–Crippen MR) is 95.8 cm³/mol. The third-order valence-electron chi connectivity index (χ3n) is 4.62. The molecular weight excluding hydrogens is 316 g/mol. The molecule has 0 aliphatic carbocycles. The number of nitrogens with two attached hydrogens (primary N) is 1. The van der Waals surface area contributed by atoms with Gasteiger partial charge in [-0.15, -0.1) is 0 Å². The highest BCUT2D eigenvalue weighted by atomic mass is 16.2. The maximum atomic E-state index is 12.6. The molecule has 0 saturated carbocycles. The number of imide groups is 1. The summed E-state index contributed by atoms with van der Waals surface area (Å²) in [6, 6.07) is 9.51. The van der Waals surface area contributed by atoms with Crippen molar-refractivity contribution in [3.8, 4) is 11.1 Å². The highest BCUT2D eigenvalue weighted by molar-refractivity contribution is 6.14. The van der Waals surface area contributed by atoms with Crippen molar-refractivity contribution in [1.82, 2.24) is 15.1 Å². The van der Waals surface area contributed by atoms with Crippen molar-refractivity contribution in [3.63, 3.8) is 0 Å². The summed E-state index contributed by atoms with van der Waals surface area (Å²) in [6.45, 7) is 5.61. The average molecular weight is 332 g/mol. The lowest BCUT2D eigenvalue weighted by atomic mass is 9.95. The van der Waals surface area contributed by atoms with Crippen LogP contribution in [0.5, 0.6) is 0 Å². The Bertz CT molecular complexity index is 1060. The minimum atomic E-state index is -0.423. The summed E-state index contributed by atoms with van der Waals surface area (Å²) < 4.78 is 0. The molecule has 0 radical (unpaired) electrons. The maximum absolute atomic E-state index is 12.6. The summed E-state index contributed by atoms with van der Waals surface area (Å²) in [5.74, 6) is -0.799. The zero-order chi connectivity index (χ0) is 17.7. The first-order valence-corrected chi connectivity index (χ1v) is 7.86. The van der Waals surface area contributed by atoms with Gasteiger partial charge in [0.1, 0.15) is 0 Å². The number of carbonyl (C=O) groups excluding carboxylic acids is 2. The predicted octanol–water partition coefficient (Wildman–Crippen LogP) is 2.79. The molecule has 1 aliphatic heterocycles. The van der Waals surface area contributed by atoms with Crippen LogP contribution in [-0.2, 0) is 11.3 Å². The van der Waals surface area contributed by atoms with Gasteiger partial charge in [0, 0.05) is 16.8 Å². The van der Waals surface area contributed by atoms with Crippen LogP contribution < -0.4 is 5.73 Å². The first-order valence-electron chi connectivity index (χ1n) is 7.86. The highest BCUT2D eigenvalue weighted by Crippen LogP contribution is 2.37. The SMILES string of the molecule is C=CC(=O)N1Cc2c(-c3ccc4n[nH]c(C)c4c3)ccc(N)c2C1=O. The fourth-order valence-electron chi connectivity index (χ4n) is 3.31. The summed E-state index contributed by atoms with van der Waals surface area (Å²) in [6.07, 6.45) is 1.14. The molecule has 0 atom stereocenters. The van der Waals surface area contributed by atoms with Gasteiger partial charge in [-0.2, -0.15) is 5.10 Å². The lowest BCUT2D eigenvalue weighted by Crippen LogP contribution is -2.29. The van der Waals surface area contributed by atoms with E-state index in [1.54, 1.807) is 6.07 Å². The Balaban J connectivity index is 1.90. The molecule has 4 rings (SSSR count). The number of anilines is 1. The Morgan fingerprint density at radius 2 is 2.16 bits per heavy atom. The molecule has 25 heavy (non-hydrogen) atoms. The first-order chi connectivity index (χ1) is 12.0. The van der Waals surface area contributed by atoms with E-state index in [4.69, 9.17) is 5.73 Å². The molecule has 124 valence electrons. The van der Waals surface area contributed by atoms with Gasteiger partial charge in [0.2, 0.25) is 0 Å². The summed E-state index contributed by atoms with van der Waals surface area (Å²) in [7, 11) is 0. The van der Waals surface area contributed by atoms with E-state index in [2.05, 4.69) is 16.8 Å². The lowest BCUT2D eigenvalue weighted by molar-refractivity contribution is -0.123. The van der Waals surface area contributed by atoms with Gasteiger partial charge >= 0.3 is 0 Å². The molecule has 0 fully saturated rings. The third-order valence-corrected chi connectivity index (χ3v) is 4.62. The van der Waals surface area contributed by atoms with Crippen molar-refractivity contribution in [2.24, 2.45) is 0 Å². The van der Waals surface area contributed by atoms with Gasteiger partial charge in [-0.1, -0.05) is 18.7 Å². The van der Waals surface area contributed by atoms with E-state index < -0.39 is 5.91 Å². The van der Waals surface area contributed by atoms with Crippen molar-refractivity contribution in [2.45, 2.75) is 13.5 Å². The van der Waals surface area contributed by atoms with Crippen molar-refractivity contribution in [2.75, 3.05) is 5.73 Å². The molecule has 2 aromatic carbocycles. The number of nitrogens with zero attached hydrogens (tertiary/aromatic N) is 2. The van der Waals surface area contributed by atoms with Crippen LogP contribution in [-0.4, -0.2) is 26.9 Å². The van der Waals surface area contributed by atoms with Crippen LogP contribution in [0.4, 0.5) is 5.69 Å². The zero-order valence-electron chi connectivity index (χ0n) is 13.7. The number of aryl methyl sites for hydroxylation is 1. The molecule has 0 unspecified atom stereocenters. The summed E-state index contributed by atoms with van der Waals surface area (Å²) in [5.41, 5.74) is 11.3. The lowest BCUT2D eigenvalue weighted by Gasteiger charge is -2.11. The van der Waals surface area contributed by atoms with Gasteiger partial charge in [0.15, 0.2) is 0 Å². The Morgan fingerprint density at radius 3 is 2.92 bits per heavy atom. The second-order valence-corrected chi connectivity index (χ2v) is 6.07. The number of aromatic nitrogens is 2. The quantitative estimate of drug-likeness (QED) is 0.557. The van der Waals surface area contributed by atoms with Crippen molar-refractivity contribution in [1.29, 1.82) is 0 Å². The summed E-state index contributed by atoms with van der Waals surface area (Å²) in [4.78, 5) is 25.7. The monoisotopic (exact) mass is 332 g/mol. The van der Waals surface area contributed by atoms with Gasteiger partial charge in [-0.05, 0) is 47.9 Å². The molecule has 2 amide bonds. The van der Waals surface area contributed by atoms with E-state index in [1.165, 1.54) is 4.90 Å². The molecule has 3 aromatic rings. The zero-order valence-corrected chi connectivity index (χ0v) is 13.7. The van der Waals surface area contributed by atoms with Crippen LogP contribution >= 0.6 is 0 Å². The van der Waals surface area contributed by atoms with E-state index in [1.807, 2.05) is 31.2 Å². The second-order valence-electron chi connectivity index (χ2n) is 6.07. The minimum absolute atomic E-state index is 0.196. The summed E-state index contributed by atoms with van der Waals surface area (Å²) in [5, 5.41) is 8.22. The number of rotatable bonds is 2. The number of fused-ring (bicyclic) bond motifs is 2. The minimum Gasteiger partial charge on any atom is -0.398 e. The molecule has 3 N–H and O–H groups in total. The number of carbonyl (C=O) groups is 2. The number of amides is 2. The molecular formula is C19H16N4O2. The van der Waals surface area contributed by atoms with E-state index in [9.17, 15) is 9.59 Å². The van der Waals surface area contributed by atoms with E-state index >= 15 is 0 Å². The van der Waals surface area contributed by atoms with Crippen molar-refractivity contribution >= 4 is 28.4 Å². The van der Waals surface area contributed by atoms with Gasteiger partial charge in [0.05, 0.1) is 17.6 Å². The Labute approximate surface area is 143 Å². The van der Waals surface area contributed by atoms with Gasteiger partial charge < -0.3 is 5.73 Å². The number of hydrogen-bond acceptors (Lipinski definition) is 4. The number of nitrogen functional groups attached to an aromatic ring is 1. The van der Waals surface area contributed by atoms with E-state index in [-0.39, 0.29) is 12.5 Å². The van der Waals surface area contributed by atoms with Crippen LogP contribution in [0.2, 0.25) is 0 Å². The fraction of sp³-hybridized carbons (Fsp3) is 0.105. The third kappa shape index (κ3) is 2.15. The number of nitrogens with one attached hydrogen (secondary N) is 1. The van der Waals surface area contributed by atoms with Gasteiger partial charge in [0.25, 0.3) is 11.8 Å². The van der Waals surface area contributed by atoms with Crippen LogP contribution in [0.15, 0.2) is 43.0 Å². The molecule has 6 heteroatoms. The van der Waals surface area contributed by atoms with Crippen molar-refractivity contribution in [3.05, 3.63) is 59.8 Å². The van der Waals surface area contributed by atoms with E-state index in [0.717, 1.165) is 39.4 Å². The van der Waals surface area contributed by atoms with Crippen LogP contribution in [0, 0.1) is 6.92 Å². The van der Waals surface area contributed by atoms with Gasteiger partial charge in [-0.3, -0.25) is 19.6 Å². The average Bonchev–Trinajstić information content (AvgIpc) is 3.16.